The van der Waals surface area contributed by atoms with Crippen LogP contribution in [-0.4, -0.2) is 0 Å². The quantitative estimate of drug-likeness (QED) is 0.914. The van der Waals surface area contributed by atoms with E-state index in [1.165, 1.54) is 11.1 Å². The van der Waals surface area contributed by atoms with Gasteiger partial charge in [-0.25, -0.2) is 0 Å². The zero-order valence-electron chi connectivity index (χ0n) is 10.0. The van der Waals surface area contributed by atoms with E-state index in [2.05, 4.69) is 59.4 Å². The van der Waals surface area contributed by atoms with E-state index in [0.29, 0.717) is 0 Å². The molecule has 1 heterocycles. The number of nitrogens with one attached hydrogen (secondary N) is 1. The Morgan fingerprint density at radius 3 is 2.47 bits per heavy atom. The second-order valence-electron chi connectivity index (χ2n) is 4.23. The number of hydrogen-bond donors (Lipinski definition) is 1. The Bertz CT molecular complexity index is 475. The third kappa shape index (κ3) is 3.45. The number of aryl methyl sites for hydroxylation is 1. The predicted molar refractivity (Wildman–Crippen MR) is 72.8 cm³/mol. The monoisotopic (exact) mass is 293 g/mol. The van der Waals surface area contributed by atoms with Crippen LogP contribution in [0.4, 0.5) is 0 Å². The summed E-state index contributed by atoms with van der Waals surface area (Å²) in [5.74, 6) is 0.948. The van der Waals surface area contributed by atoms with Crippen LogP contribution in [0, 0.1) is 6.92 Å². The summed E-state index contributed by atoms with van der Waals surface area (Å²) in [7, 11) is 0. The molecule has 0 saturated carbocycles. The number of hydrogen-bond acceptors (Lipinski definition) is 2. The minimum absolute atomic E-state index is 0.211. The van der Waals surface area contributed by atoms with E-state index in [9.17, 15) is 0 Å². The topological polar surface area (TPSA) is 25.2 Å². The van der Waals surface area contributed by atoms with Gasteiger partial charge in [-0.2, -0.15) is 0 Å². The van der Waals surface area contributed by atoms with Crippen LogP contribution in [0.3, 0.4) is 0 Å². The summed E-state index contributed by atoms with van der Waals surface area (Å²) in [5.41, 5.74) is 2.57. The second-order valence-corrected chi connectivity index (χ2v) is 5.01. The van der Waals surface area contributed by atoms with Gasteiger partial charge in [0.1, 0.15) is 5.76 Å². The van der Waals surface area contributed by atoms with Crippen molar-refractivity contribution in [2.75, 3.05) is 0 Å². The lowest BCUT2D eigenvalue weighted by Gasteiger charge is -2.11. The maximum Gasteiger partial charge on any atom is 0.169 e. The van der Waals surface area contributed by atoms with Crippen LogP contribution >= 0.6 is 15.9 Å². The van der Waals surface area contributed by atoms with Crippen molar-refractivity contribution in [1.82, 2.24) is 5.32 Å². The van der Waals surface area contributed by atoms with Gasteiger partial charge in [-0.15, -0.1) is 0 Å². The van der Waals surface area contributed by atoms with E-state index in [0.717, 1.165) is 17.0 Å². The molecule has 0 aliphatic carbocycles. The third-order valence-corrected chi connectivity index (χ3v) is 3.18. The standard InChI is InChI=1S/C14H16BrNO/c1-10-3-5-12(6-4-10)9-16-11(2)13-7-8-14(15)17-13/h3-8,11,16H,9H2,1-2H3. The van der Waals surface area contributed by atoms with Gasteiger partial charge in [0.05, 0.1) is 6.04 Å². The van der Waals surface area contributed by atoms with E-state index >= 15 is 0 Å². The fourth-order valence-electron chi connectivity index (χ4n) is 1.64. The number of halogens is 1. The molecule has 0 saturated heterocycles. The minimum atomic E-state index is 0.211. The van der Waals surface area contributed by atoms with Crippen LogP contribution in [-0.2, 0) is 6.54 Å². The molecule has 2 rings (SSSR count). The fraction of sp³-hybridized carbons (Fsp3) is 0.286. The molecule has 3 heteroatoms. The maximum absolute atomic E-state index is 5.51. The molecule has 0 spiro atoms. The van der Waals surface area contributed by atoms with Crippen molar-refractivity contribution in [1.29, 1.82) is 0 Å². The van der Waals surface area contributed by atoms with Crippen molar-refractivity contribution >= 4 is 15.9 Å². The Kier molecular flexibility index (Phi) is 4.02. The smallest absolute Gasteiger partial charge is 0.169 e. The molecular formula is C14H16BrNO. The first-order chi connectivity index (χ1) is 8.15. The summed E-state index contributed by atoms with van der Waals surface area (Å²) in [6.07, 6.45) is 0. The van der Waals surface area contributed by atoms with Gasteiger partial charge in [0.25, 0.3) is 0 Å². The Labute approximate surface area is 110 Å². The van der Waals surface area contributed by atoms with Crippen LogP contribution in [0.1, 0.15) is 29.9 Å². The van der Waals surface area contributed by atoms with Crippen molar-refractivity contribution in [2.24, 2.45) is 0 Å². The van der Waals surface area contributed by atoms with E-state index in [1.54, 1.807) is 0 Å². The lowest BCUT2D eigenvalue weighted by atomic mass is 10.1. The van der Waals surface area contributed by atoms with Crippen molar-refractivity contribution in [3.63, 3.8) is 0 Å². The summed E-state index contributed by atoms with van der Waals surface area (Å²) in [6, 6.07) is 12.7. The second kappa shape index (κ2) is 5.52. The molecule has 1 atom stereocenters. The summed E-state index contributed by atoms with van der Waals surface area (Å²) in [6.45, 7) is 5.04. The fourth-order valence-corrected chi connectivity index (χ4v) is 1.96. The molecule has 0 aliphatic heterocycles. The molecule has 1 aromatic carbocycles. The van der Waals surface area contributed by atoms with Crippen LogP contribution in [0.25, 0.3) is 0 Å². The maximum atomic E-state index is 5.51. The molecule has 0 aliphatic rings. The Morgan fingerprint density at radius 1 is 1.18 bits per heavy atom. The van der Waals surface area contributed by atoms with Gasteiger partial charge in [0, 0.05) is 6.54 Å². The molecular weight excluding hydrogens is 278 g/mol. The summed E-state index contributed by atoms with van der Waals surface area (Å²) in [4.78, 5) is 0. The molecule has 17 heavy (non-hydrogen) atoms. The number of rotatable bonds is 4. The van der Waals surface area contributed by atoms with Crippen LogP contribution < -0.4 is 5.32 Å². The first-order valence-electron chi connectivity index (χ1n) is 5.69. The zero-order valence-corrected chi connectivity index (χ0v) is 11.6. The van der Waals surface area contributed by atoms with E-state index in [1.807, 2.05) is 12.1 Å². The van der Waals surface area contributed by atoms with Crippen LogP contribution in [0.5, 0.6) is 0 Å². The SMILES string of the molecule is Cc1ccc(CNC(C)c2ccc(Br)o2)cc1. The normalized spacial score (nSPS) is 12.6. The molecule has 1 unspecified atom stereocenters. The highest BCUT2D eigenvalue weighted by atomic mass is 79.9. The minimum Gasteiger partial charge on any atom is -0.453 e. The van der Waals surface area contributed by atoms with Crippen molar-refractivity contribution < 1.29 is 4.42 Å². The molecule has 0 radical (unpaired) electrons. The molecule has 2 aromatic rings. The number of furan rings is 1. The van der Waals surface area contributed by atoms with E-state index < -0.39 is 0 Å². The van der Waals surface area contributed by atoms with Crippen LogP contribution in [0.15, 0.2) is 45.5 Å². The lowest BCUT2D eigenvalue weighted by Crippen LogP contribution is -2.17. The molecule has 1 aromatic heterocycles. The van der Waals surface area contributed by atoms with E-state index in [-0.39, 0.29) is 6.04 Å². The lowest BCUT2D eigenvalue weighted by molar-refractivity contribution is 0.418. The number of benzene rings is 1. The van der Waals surface area contributed by atoms with E-state index in [4.69, 9.17) is 4.42 Å². The van der Waals surface area contributed by atoms with Gasteiger partial charge in [-0.3, -0.25) is 0 Å². The van der Waals surface area contributed by atoms with Crippen molar-refractivity contribution in [3.05, 3.63) is 58.0 Å². The first kappa shape index (κ1) is 12.4. The molecule has 90 valence electrons. The Morgan fingerprint density at radius 2 is 1.88 bits per heavy atom. The average molecular weight is 294 g/mol. The Balaban J connectivity index is 1.92. The third-order valence-electron chi connectivity index (χ3n) is 2.75. The molecule has 1 N–H and O–H groups in total. The summed E-state index contributed by atoms with van der Waals surface area (Å²) >= 11 is 3.31. The summed E-state index contributed by atoms with van der Waals surface area (Å²) < 4.78 is 6.28. The van der Waals surface area contributed by atoms with Gasteiger partial charge in [-0.05, 0) is 47.5 Å². The predicted octanol–water partition coefficient (Wildman–Crippen LogP) is 4.20. The molecule has 0 amide bonds. The van der Waals surface area contributed by atoms with Gasteiger partial charge < -0.3 is 9.73 Å². The molecule has 2 nitrogen and oxygen atoms in total. The van der Waals surface area contributed by atoms with Crippen molar-refractivity contribution in [3.8, 4) is 0 Å². The Hall–Kier alpha value is -1.06. The van der Waals surface area contributed by atoms with Crippen molar-refractivity contribution in [2.45, 2.75) is 26.4 Å². The molecule has 0 fully saturated rings. The van der Waals surface area contributed by atoms with Gasteiger partial charge in [0.15, 0.2) is 4.67 Å². The largest absolute Gasteiger partial charge is 0.453 e. The van der Waals surface area contributed by atoms with Gasteiger partial charge >= 0.3 is 0 Å². The first-order valence-corrected chi connectivity index (χ1v) is 6.48. The highest BCUT2D eigenvalue weighted by Gasteiger charge is 2.08. The highest BCUT2D eigenvalue weighted by molar-refractivity contribution is 9.10. The van der Waals surface area contributed by atoms with Gasteiger partial charge in [-0.1, -0.05) is 29.8 Å². The summed E-state index contributed by atoms with van der Waals surface area (Å²) in [5, 5.41) is 3.43. The van der Waals surface area contributed by atoms with Crippen LogP contribution in [0.2, 0.25) is 0 Å². The highest BCUT2D eigenvalue weighted by Crippen LogP contribution is 2.20. The zero-order chi connectivity index (χ0) is 12.3. The molecule has 0 bridgehead atoms. The van der Waals surface area contributed by atoms with Gasteiger partial charge in [0.2, 0.25) is 0 Å². The average Bonchev–Trinajstić information content (AvgIpc) is 2.75.